The van der Waals surface area contributed by atoms with Crippen molar-refractivity contribution in [2.45, 2.75) is 26.4 Å². The first-order valence-corrected chi connectivity index (χ1v) is 6.35. The molecule has 1 fully saturated rings. The summed E-state index contributed by atoms with van der Waals surface area (Å²) in [6.07, 6.45) is 0. The van der Waals surface area contributed by atoms with E-state index < -0.39 is 5.60 Å². The summed E-state index contributed by atoms with van der Waals surface area (Å²) in [5.41, 5.74) is 3.17. The van der Waals surface area contributed by atoms with Crippen molar-refractivity contribution < 1.29 is 14.6 Å². The predicted molar refractivity (Wildman–Crippen MR) is 69.6 cm³/mol. The molecule has 1 N–H and O–H groups in total. The van der Waals surface area contributed by atoms with Gasteiger partial charge in [0, 0.05) is 10.0 Å². The molecule has 0 saturated carbocycles. The molecule has 1 heterocycles. The van der Waals surface area contributed by atoms with Gasteiger partial charge < -0.3 is 14.6 Å². The molecule has 0 radical (unpaired) electrons. The molecule has 3 nitrogen and oxygen atoms in total. The molecule has 1 aromatic rings. The van der Waals surface area contributed by atoms with Gasteiger partial charge in [0.05, 0.1) is 20.3 Å². The van der Waals surface area contributed by atoms with Gasteiger partial charge in [0.15, 0.2) is 0 Å². The topological polar surface area (TPSA) is 38.7 Å². The SMILES string of the molecule is COc1c(C)c(C)c(Br)c(C)c1C1(O)COC1. The summed E-state index contributed by atoms with van der Waals surface area (Å²) in [5, 5.41) is 10.5. The van der Waals surface area contributed by atoms with Gasteiger partial charge in [0.25, 0.3) is 0 Å². The second kappa shape index (κ2) is 4.26. The van der Waals surface area contributed by atoms with Crippen LogP contribution in [0.5, 0.6) is 5.75 Å². The van der Waals surface area contributed by atoms with E-state index in [1.807, 2.05) is 20.8 Å². The third-order valence-electron chi connectivity index (χ3n) is 3.51. The first-order chi connectivity index (χ1) is 7.92. The zero-order chi connectivity index (χ0) is 12.8. The molecule has 0 bridgehead atoms. The van der Waals surface area contributed by atoms with E-state index in [1.165, 1.54) is 0 Å². The van der Waals surface area contributed by atoms with Gasteiger partial charge in [0.2, 0.25) is 0 Å². The van der Waals surface area contributed by atoms with Crippen molar-refractivity contribution in [2.75, 3.05) is 20.3 Å². The van der Waals surface area contributed by atoms with Gasteiger partial charge in [-0.25, -0.2) is 0 Å². The van der Waals surface area contributed by atoms with Crippen LogP contribution in [0.1, 0.15) is 22.3 Å². The number of aliphatic hydroxyl groups is 1. The number of hydrogen-bond acceptors (Lipinski definition) is 3. The van der Waals surface area contributed by atoms with Gasteiger partial charge >= 0.3 is 0 Å². The molecule has 4 heteroatoms. The monoisotopic (exact) mass is 300 g/mol. The van der Waals surface area contributed by atoms with Gasteiger partial charge in [-0.1, -0.05) is 15.9 Å². The highest BCUT2D eigenvalue weighted by Crippen LogP contribution is 2.44. The zero-order valence-electron chi connectivity index (χ0n) is 10.6. The van der Waals surface area contributed by atoms with E-state index in [9.17, 15) is 5.11 Å². The van der Waals surface area contributed by atoms with Crippen LogP contribution in [0.3, 0.4) is 0 Å². The highest BCUT2D eigenvalue weighted by molar-refractivity contribution is 9.10. The predicted octanol–water partition coefficient (Wildman–Crippen LogP) is 2.60. The molecule has 1 aromatic carbocycles. The molecule has 0 amide bonds. The van der Waals surface area contributed by atoms with Crippen molar-refractivity contribution in [3.8, 4) is 5.75 Å². The second-order valence-corrected chi connectivity index (χ2v) is 5.41. The first kappa shape index (κ1) is 12.9. The number of benzene rings is 1. The molecule has 1 saturated heterocycles. The number of rotatable bonds is 2. The summed E-state index contributed by atoms with van der Waals surface area (Å²) in [6.45, 7) is 6.70. The van der Waals surface area contributed by atoms with E-state index >= 15 is 0 Å². The maximum absolute atomic E-state index is 10.5. The van der Waals surface area contributed by atoms with Crippen molar-refractivity contribution >= 4 is 15.9 Å². The van der Waals surface area contributed by atoms with Crippen molar-refractivity contribution in [1.29, 1.82) is 0 Å². The zero-order valence-corrected chi connectivity index (χ0v) is 12.1. The lowest BCUT2D eigenvalue weighted by Crippen LogP contribution is -2.47. The minimum Gasteiger partial charge on any atom is -0.496 e. The van der Waals surface area contributed by atoms with E-state index in [2.05, 4.69) is 15.9 Å². The molecule has 94 valence electrons. The summed E-state index contributed by atoms with van der Waals surface area (Å²) in [7, 11) is 1.64. The third kappa shape index (κ3) is 1.79. The Kier molecular flexibility index (Phi) is 3.23. The number of hydrogen-bond donors (Lipinski definition) is 1. The fourth-order valence-corrected chi connectivity index (χ4v) is 2.83. The molecule has 1 aliphatic heterocycles. The van der Waals surface area contributed by atoms with Gasteiger partial charge in [-0.15, -0.1) is 0 Å². The summed E-state index contributed by atoms with van der Waals surface area (Å²) in [5.74, 6) is 0.772. The van der Waals surface area contributed by atoms with Crippen LogP contribution in [0.4, 0.5) is 0 Å². The minimum atomic E-state index is -0.906. The molecule has 1 aliphatic rings. The first-order valence-electron chi connectivity index (χ1n) is 5.56. The Morgan fingerprint density at radius 3 is 2.18 bits per heavy atom. The number of halogens is 1. The van der Waals surface area contributed by atoms with Crippen LogP contribution in [-0.4, -0.2) is 25.4 Å². The fourth-order valence-electron chi connectivity index (χ4n) is 2.34. The average Bonchev–Trinajstić information content (AvgIpc) is 2.28. The minimum absolute atomic E-state index is 0.332. The quantitative estimate of drug-likeness (QED) is 0.912. The van der Waals surface area contributed by atoms with E-state index in [4.69, 9.17) is 9.47 Å². The molecule has 0 atom stereocenters. The normalized spacial score (nSPS) is 17.8. The molecular formula is C13H17BrO3. The third-order valence-corrected chi connectivity index (χ3v) is 4.70. The summed E-state index contributed by atoms with van der Waals surface area (Å²) in [6, 6.07) is 0. The Bertz CT molecular complexity index is 464. The van der Waals surface area contributed by atoms with E-state index in [0.717, 1.165) is 32.5 Å². The van der Waals surface area contributed by atoms with Crippen molar-refractivity contribution in [3.63, 3.8) is 0 Å². The van der Waals surface area contributed by atoms with E-state index in [0.29, 0.717) is 13.2 Å². The largest absolute Gasteiger partial charge is 0.496 e. The lowest BCUT2D eigenvalue weighted by molar-refractivity contribution is -0.185. The van der Waals surface area contributed by atoms with E-state index in [1.54, 1.807) is 7.11 Å². The second-order valence-electron chi connectivity index (χ2n) is 4.62. The maximum atomic E-state index is 10.5. The smallest absolute Gasteiger partial charge is 0.140 e. The van der Waals surface area contributed by atoms with Crippen molar-refractivity contribution in [1.82, 2.24) is 0 Å². The van der Waals surface area contributed by atoms with Crippen LogP contribution in [-0.2, 0) is 10.3 Å². The molecule has 0 spiro atoms. The Labute approximate surface area is 110 Å². The van der Waals surface area contributed by atoms with Crippen molar-refractivity contribution in [3.05, 3.63) is 26.7 Å². The van der Waals surface area contributed by atoms with Crippen LogP contribution >= 0.6 is 15.9 Å². The van der Waals surface area contributed by atoms with Gasteiger partial charge in [0.1, 0.15) is 11.4 Å². The summed E-state index contributed by atoms with van der Waals surface area (Å²) >= 11 is 3.58. The van der Waals surface area contributed by atoms with Crippen LogP contribution in [0, 0.1) is 20.8 Å². The summed E-state index contributed by atoms with van der Waals surface area (Å²) in [4.78, 5) is 0. The summed E-state index contributed by atoms with van der Waals surface area (Å²) < 4.78 is 11.6. The lowest BCUT2D eigenvalue weighted by atomic mass is 9.85. The standard InChI is InChI=1S/C13H17BrO3/c1-7-8(2)12(16-4)10(9(3)11(7)14)13(15)5-17-6-13/h15H,5-6H2,1-4H3. The Balaban J connectivity index is 2.72. The molecule has 0 aromatic heterocycles. The molecular weight excluding hydrogens is 284 g/mol. The lowest BCUT2D eigenvalue weighted by Gasteiger charge is -2.39. The Morgan fingerprint density at radius 1 is 1.18 bits per heavy atom. The fraction of sp³-hybridized carbons (Fsp3) is 0.538. The molecule has 2 rings (SSSR count). The Morgan fingerprint density at radius 2 is 1.76 bits per heavy atom. The van der Waals surface area contributed by atoms with Crippen LogP contribution in [0.25, 0.3) is 0 Å². The van der Waals surface area contributed by atoms with E-state index in [-0.39, 0.29) is 0 Å². The van der Waals surface area contributed by atoms with Crippen LogP contribution in [0.2, 0.25) is 0 Å². The highest BCUT2D eigenvalue weighted by Gasteiger charge is 2.42. The highest BCUT2D eigenvalue weighted by atomic mass is 79.9. The molecule has 0 aliphatic carbocycles. The number of ether oxygens (including phenoxy) is 2. The van der Waals surface area contributed by atoms with Crippen LogP contribution in [0.15, 0.2) is 4.47 Å². The molecule has 17 heavy (non-hydrogen) atoms. The van der Waals surface area contributed by atoms with Crippen LogP contribution < -0.4 is 4.74 Å². The van der Waals surface area contributed by atoms with Gasteiger partial charge in [-0.3, -0.25) is 0 Å². The maximum Gasteiger partial charge on any atom is 0.140 e. The van der Waals surface area contributed by atoms with Crippen molar-refractivity contribution in [2.24, 2.45) is 0 Å². The van der Waals surface area contributed by atoms with Gasteiger partial charge in [-0.2, -0.15) is 0 Å². The average molecular weight is 301 g/mol. The van der Waals surface area contributed by atoms with Gasteiger partial charge in [-0.05, 0) is 37.5 Å². The number of methoxy groups -OCH3 is 1. The molecule has 0 unspecified atom stereocenters. The Hall–Kier alpha value is -0.580.